The Morgan fingerprint density at radius 1 is 1.26 bits per heavy atom. The molecule has 0 bridgehead atoms. The van der Waals surface area contributed by atoms with Crippen molar-refractivity contribution in [3.05, 3.63) is 39.5 Å². The van der Waals surface area contributed by atoms with Crippen LogP contribution in [-0.4, -0.2) is 10.2 Å². The number of rotatable bonds is 5. The lowest BCUT2D eigenvalue weighted by molar-refractivity contribution is 0.257. The van der Waals surface area contributed by atoms with Gasteiger partial charge in [0.15, 0.2) is 6.61 Å². The van der Waals surface area contributed by atoms with Gasteiger partial charge in [-0.2, -0.15) is 0 Å². The van der Waals surface area contributed by atoms with E-state index in [-0.39, 0.29) is 13.2 Å². The molecule has 19 heavy (non-hydrogen) atoms. The second-order valence-corrected chi connectivity index (χ2v) is 4.66. The predicted molar refractivity (Wildman–Crippen MR) is 72.4 cm³/mol. The molecule has 0 amide bonds. The molecule has 7 heteroatoms. The molecule has 0 aliphatic rings. The maximum Gasteiger partial charge on any atom is 0.253 e. The van der Waals surface area contributed by atoms with Gasteiger partial charge in [-0.3, -0.25) is 0 Å². The van der Waals surface area contributed by atoms with Gasteiger partial charge in [-0.15, -0.1) is 10.2 Å². The molecule has 1 aromatic carbocycles. The molecule has 2 N–H and O–H groups in total. The zero-order valence-corrected chi connectivity index (χ0v) is 11.8. The van der Waals surface area contributed by atoms with E-state index in [1.807, 2.05) is 6.92 Å². The molecule has 0 saturated heterocycles. The highest BCUT2D eigenvalue weighted by atomic mass is 35.5. The number of nitrogens with zero attached hydrogens (tertiary/aromatic N) is 2. The highest BCUT2D eigenvalue weighted by molar-refractivity contribution is 6.35. The van der Waals surface area contributed by atoms with E-state index < -0.39 is 0 Å². The van der Waals surface area contributed by atoms with Gasteiger partial charge in [0.05, 0.1) is 5.02 Å². The van der Waals surface area contributed by atoms with Crippen LogP contribution in [0, 0.1) is 0 Å². The SMILES string of the molecule is CCc1nnc(COc2c(Cl)cc(Cl)cc2CN)o1. The van der Waals surface area contributed by atoms with Crippen molar-refractivity contribution >= 4 is 23.2 Å². The minimum absolute atomic E-state index is 0.140. The van der Waals surface area contributed by atoms with Crippen LogP contribution >= 0.6 is 23.2 Å². The van der Waals surface area contributed by atoms with Gasteiger partial charge in [-0.05, 0) is 12.1 Å². The van der Waals surface area contributed by atoms with E-state index in [9.17, 15) is 0 Å². The summed E-state index contributed by atoms with van der Waals surface area (Å²) in [6.07, 6.45) is 0.683. The summed E-state index contributed by atoms with van der Waals surface area (Å²) in [5.74, 6) is 1.45. The van der Waals surface area contributed by atoms with E-state index in [2.05, 4.69) is 10.2 Å². The summed E-state index contributed by atoms with van der Waals surface area (Å²) in [6.45, 7) is 2.35. The van der Waals surface area contributed by atoms with Gasteiger partial charge in [0, 0.05) is 23.6 Å². The number of hydrogen-bond donors (Lipinski definition) is 1. The zero-order chi connectivity index (χ0) is 13.8. The zero-order valence-electron chi connectivity index (χ0n) is 10.3. The van der Waals surface area contributed by atoms with Gasteiger partial charge < -0.3 is 14.9 Å². The molecule has 0 unspecified atom stereocenters. The van der Waals surface area contributed by atoms with Crippen molar-refractivity contribution in [1.29, 1.82) is 0 Å². The van der Waals surface area contributed by atoms with E-state index in [1.54, 1.807) is 12.1 Å². The third kappa shape index (κ3) is 3.37. The Morgan fingerprint density at radius 2 is 2.00 bits per heavy atom. The summed E-state index contributed by atoms with van der Waals surface area (Å²) in [5, 5.41) is 8.64. The normalized spacial score (nSPS) is 10.7. The van der Waals surface area contributed by atoms with E-state index >= 15 is 0 Å². The van der Waals surface area contributed by atoms with Crippen molar-refractivity contribution in [3.63, 3.8) is 0 Å². The first kappa shape index (κ1) is 14.1. The summed E-state index contributed by atoms with van der Waals surface area (Å²) < 4.78 is 10.9. The number of nitrogens with two attached hydrogens (primary N) is 1. The fourth-order valence-electron chi connectivity index (χ4n) is 1.55. The van der Waals surface area contributed by atoms with Crippen LogP contribution in [0.5, 0.6) is 5.75 Å². The van der Waals surface area contributed by atoms with Crippen molar-refractivity contribution in [2.45, 2.75) is 26.5 Å². The summed E-state index contributed by atoms with van der Waals surface area (Å²) >= 11 is 12.0. The Kier molecular flexibility index (Phi) is 4.63. The molecule has 0 aliphatic heterocycles. The average Bonchev–Trinajstić information content (AvgIpc) is 2.84. The lowest BCUT2D eigenvalue weighted by atomic mass is 10.2. The first-order valence-corrected chi connectivity index (χ1v) is 6.51. The number of halogens is 2. The van der Waals surface area contributed by atoms with Crippen LogP contribution in [0.15, 0.2) is 16.5 Å². The minimum atomic E-state index is 0.140. The molecule has 0 fully saturated rings. The number of benzene rings is 1. The van der Waals surface area contributed by atoms with Crippen molar-refractivity contribution in [2.24, 2.45) is 5.73 Å². The van der Waals surface area contributed by atoms with Gasteiger partial charge in [-0.25, -0.2) is 0 Å². The number of aromatic nitrogens is 2. The standard InChI is InChI=1S/C12H13Cl2N3O2/c1-2-10-16-17-11(19-10)6-18-12-7(5-15)3-8(13)4-9(12)14/h3-4H,2,5-6,15H2,1H3. The van der Waals surface area contributed by atoms with Crippen LogP contribution in [0.3, 0.4) is 0 Å². The summed E-state index contributed by atoms with van der Waals surface area (Å²) in [7, 11) is 0. The molecule has 1 heterocycles. The topological polar surface area (TPSA) is 74.2 Å². The predicted octanol–water partition coefficient (Wildman–Crippen LogP) is 2.98. The number of aryl methyl sites for hydroxylation is 1. The largest absolute Gasteiger partial charge is 0.482 e. The highest BCUT2D eigenvalue weighted by Crippen LogP contribution is 2.32. The molecule has 0 spiro atoms. The molecule has 1 aromatic heterocycles. The van der Waals surface area contributed by atoms with Gasteiger partial charge in [-0.1, -0.05) is 30.1 Å². The van der Waals surface area contributed by atoms with Crippen LogP contribution in [0.4, 0.5) is 0 Å². The van der Waals surface area contributed by atoms with Gasteiger partial charge in [0.1, 0.15) is 5.75 Å². The lowest BCUT2D eigenvalue weighted by Gasteiger charge is -2.11. The number of ether oxygens (including phenoxy) is 1. The Bertz CT molecular complexity index is 572. The fourth-order valence-corrected chi connectivity index (χ4v) is 2.14. The van der Waals surface area contributed by atoms with Gasteiger partial charge in [0.25, 0.3) is 5.89 Å². The molecule has 0 radical (unpaired) electrons. The van der Waals surface area contributed by atoms with Crippen LogP contribution in [0.1, 0.15) is 24.3 Å². The summed E-state index contributed by atoms with van der Waals surface area (Å²) in [4.78, 5) is 0. The van der Waals surface area contributed by atoms with Crippen LogP contribution < -0.4 is 10.5 Å². The van der Waals surface area contributed by atoms with Gasteiger partial charge in [0.2, 0.25) is 5.89 Å². The maximum atomic E-state index is 6.08. The highest BCUT2D eigenvalue weighted by Gasteiger charge is 2.12. The molecular formula is C12H13Cl2N3O2. The third-order valence-electron chi connectivity index (χ3n) is 2.46. The quantitative estimate of drug-likeness (QED) is 0.919. The van der Waals surface area contributed by atoms with E-state index in [4.69, 9.17) is 38.1 Å². The number of hydrogen-bond acceptors (Lipinski definition) is 5. The van der Waals surface area contributed by atoms with Crippen molar-refractivity contribution < 1.29 is 9.15 Å². The Morgan fingerprint density at radius 3 is 2.63 bits per heavy atom. The minimum Gasteiger partial charge on any atom is -0.482 e. The first-order valence-electron chi connectivity index (χ1n) is 5.76. The van der Waals surface area contributed by atoms with E-state index in [0.717, 1.165) is 5.56 Å². The second-order valence-electron chi connectivity index (χ2n) is 3.81. The van der Waals surface area contributed by atoms with E-state index in [0.29, 0.717) is 34.0 Å². The maximum absolute atomic E-state index is 6.08. The van der Waals surface area contributed by atoms with Gasteiger partial charge >= 0.3 is 0 Å². The molecule has 5 nitrogen and oxygen atoms in total. The lowest BCUT2D eigenvalue weighted by Crippen LogP contribution is -2.03. The average molecular weight is 302 g/mol. The molecular weight excluding hydrogens is 289 g/mol. The molecule has 2 rings (SSSR count). The Labute approximate surface area is 120 Å². The Hall–Kier alpha value is -1.30. The fraction of sp³-hybridized carbons (Fsp3) is 0.333. The third-order valence-corrected chi connectivity index (χ3v) is 2.96. The summed E-state index contributed by atoms with van der Waals surface area (Å²) in [5.41, 5.74) is 6.36. The molecule has 102 valence electrons. The monoisotopic (exact) mass is 301 g/mol. The van der Waals surface area contributed by atoms with Crippen molar-refractivity contribution in [3.8, 4) is 5.75 Å². The van der Waals surface area contributed by atoms with Crippen LogP contribution in [0.25, 0.3) is 0 Å². The molecule has 0 aliphatic carbocycles. The molecule has 0 atom stereocenters. The first-order chi connectivity index (χ1) is 9.13. The van der Waals surface area contributed by atoms with Crippen molar-refractivity contribution in [2.75, 3.05) is 0 Å². The Balaban J connectivity index is 2.14. The van der Waals surface area contributed by atoms with Crippen molar-refractivity contribution in [1.82, 2.24) is 10.2 Å². The van der Waals surface area contributed by atoms with E-state index in [1.165, 1.54) is 0 Å². The molecule has 2 aromatic rings. The molecule has 0 saturated carbocycles. The smallest absolute Gasteiger partial charge is 0.253 e. The summed E-state index contributed by atoms with van der Waals surface area (Å²) in [6, 6.07) is 3.32. The van der Waals surface area contributed by atoms with Crippen LogP contribution in [-0.2, 0) is 19.6 Å². The van der Waals surface area contributed by atoms with Crippen LogP contribution in [0.2, 0.25) is 10.0 Å². The second kappa shape index (κ2) is 6.23.